The Hall–Kier alpha value is -0.740. The van der Waals surface area contributed by atoms with Gasteiger partial charge in [-0.1, -0.05) is 11.6 Å². The van der Waals surface area contributed by atoms with Gasteiger partial charge < -0.3 is 5.32 Å². The summed E-state index contributed by atoms with van der Waals surface area (Å²) in [6.45, 7) is 0. The van der Waals surface area contributed by atoms with Crippen molar-refractivity contribution >= 4 is 34.3 Å². The Morgan fingerprint density at radius 1 is 1.67 bits per heavy atom. The average Bonchev–Trinajstić information content (AvgIpc) is 2.33. The molecule has 0 fully saturated rings. The number of hydrogen-bond donors (Lipinski definition) is 1. The number of nitrogens with zero attached hydrogens (tertiary/aromatic N) is 3. The van der Waals surface area contributed by atoms with E-state index in [0.717, 1.165) is 11.4 Å². The molecule has 0 saturated carbocycles. The zero-order valence-electron chi connectivity index (χ0n) is 6.25. The molecule has 2 rings (SSSR count). The summed E-state index contributed by atoms with van der Waals surface area (Å²) in [6, 6.07) is 0. The molecule has 1 aromatic heterocycles. The van der Waals surface area contributed by atoms with Crippen molar-refractivity contribution in [1.82, 2.24) is 9.78 Å². The zero-order valence-corrected chi connectivity index (χ0v) is 7.76. The third-order valence-corrected chi connectivity index (χ3v) is 2.20. The first kappa shape index (κ1) is 7.89. The molecule has 0 spiro atoms. The number of aliphatic imine (C=N–C) groups is 1. The van der Waals surface area contributed by atoms with Crippen molar-refractivity contribution in [1.29, 1.82) is 0 Å². The number of aromatic nitrogens is 2. The third-order valence-electron chi connectivity index (χ3n) is 1.67. The summed E-state index contributed by atoms with van der Waals surface area (Å²) in [5, 5.41) is 7.19. The minimum Gasteiger partial charge on any atom is -0.315 e. The van der Waals surface area contributed by atoms with Crippen molar-refractivity contribution in [2.24, 2.45) is 12.0 Å². The number of alkyl halides is 1. The van der Waals surface area contributed by atoms with Crippen molar-refractivity contribution in [2.45, 2.75) is 5.50 Å². The monoisotopic (exact) mass is 204 g/mol. The van der Waals surface area contributed by atoms with Crippen molar-refractivity contribution in [3.63, 3.8) is 0 Å². The van der Waals surface area contributed by atoms with E-state index in [1.165, 1.54) is 0 Å². The molecule has 1 aliphatic heterocycles. The first-order valence-electron chi connectivity index (χ1n) is 3.35. The molecule has 0 amide bonds. The largest absolute Gasteiger partial charge is 0.315 e. The van der Waals surface area contributed by atoms with Crippen LogP contribution in [0.5, 0.6) is 0 Å². The van der Waals surface area contributed by atoms with Crippen LogP contribution in [0.4, 0.5) is 5.82 Å². The van der Waals surface area contributed by atoms with Crippen LogP contribution in [-0.2, 0) is 7.05 Å². The van der Waals surface area contributed by atoms with Gasteiger partial charge in [0.15, 0.2) is 10.8 Å². The van der Waals surface area contributed by atoms with Crippen LogP contribution in [0.25, 0.3) is 0 Å². The molecule has 0 radical (unpaired) electrons. The molecule has 6 heteroatoms. The van der Waals surface area contributed by atoms with E-state index in [9.17, 15) is 0 Å². The molecule has 1 atom stereocenters. The summed E-state index contributed by atoms with van der Waals surface area (Å²) in [4.78, 5) is 3.92. The molecule has 4 nitrogen and oxygen atoms in total. The van der Waals surface area contributed by atoms with Crippen LogP contribution < -0.4 is 5.32 Å². The van der Waals surface area contributed by atoms with Crippen LogP contribution in [0, 0.1) is 0 Å². The number of fused-ring (bicyclic) bond motifs is 1. The lowest BCUT2D eigenvalue weighted by atomic mass is 10.3. The maximum Gasteiger partial charge on any atom is 0.198 e. The summed E-state index contributed by atoms with van der Waals surface area (Å²) in [5.74, 6) is 0.801. The SMILES string of the molecule is Cn1ncc2c1NC(Cl)=NC2Cl. The van der Waals surface area contributed by atoms with Gasteiger partial charge in [0.2, 0.25) is 0 Å². The molecule has 0 saturated heterocycles. The maximum absolute atomic E-state index is 5.89. The quantitative estimate of drug-likeness (QED) is 0.517. The Morgan fingerprint density at radius 2 is 2.42 bits per heavy atom. The topological polar surface area (TPSA) is 42.2 Å². The first-order chi connectivity index (χ1) is 5.68. The summed E-state index contributed by atoms with van der Waals surface area (Å²) in [6.07, 6.45) is 1.67. The fourth-order valence-electron chi connectivity index (χ4n) is 1.08. The Kier molecular flexibility index (Phi) is 1.73. The number of aryl methyl sites for hydroxylation is 1. The van der Waals surface area contributed by atoms with E-state index in [-0.39, 0.29) is 0 Å². The highest BCUT2D eigenvalue weighted by Crippen LogP contribution is 2.32. The Balaban J connectivity index is 2.50. The standard InChI is InChI=1S/C6H6Cl2N4/c1-12-5-3(2-9-12)4(7)10-6(8)11-5/h2,4H,1H3,(H,10,11). The van der Waals surface area contributed by atoms with E-state index in [4.69, 9.17) is 23.2 Å². The summed E-state index contributed by atoms with van der Waals surface area (Å²) in [5.41, 5.74) is 0.422. The summed E-state index contributed by atoms with van der Waals surface area (Å²) in [7, 11) is 1.81. The normalized spacial score (nSPS) is 21.2. The van der Waals surface area contributed by atoms with Gasteiger partial charge >= 0.3 is 0 Å². The number of rotatable bonds is 0. The molecule has 2 heterocycles. The number of nitrogens with one attached hydrogen (secondary N) is 1. The molecule has 1 unspecified atom stereocenters. The lowest BCUT2D eigenvalue weighted by Gasteiger charge is -2.14. The number of halogens is 2. The molecule has 0 bridgehead atoms. The van der Waals surface area contributed by atoms with Gasteiger partial charge in [0.05, 0.1) is 11.8 Å². The van der Waals surface area contributed by atoms with E-state index >= 15 is 0 Å². The van der Waals surface area contributed by atoms with Crippen molar-refractivity contribution < 1.29 is 0 Å². The van der Waals surface area contributed by atoms with E-state index in [0.29, 0.717) is 5.29 Å². The van der Waals surface area contributed by atoms with Crippen LogP contribution in [0.15, 0.2) is 11.2 Å². The minimum atomic E-state index is -0.428. The van der Waals surface area contributed by atoms with Crippen molar-refractivity contribution in [2.75, 3.05) is 5.32 Å². The molecule has 0 aliphatic carbocycles. The molecule has 64 valence electrons. The molecule has 1 aliphatic rings. The van der Waals surface area contributed by atoms with Crippen LogP contribution in [-0.4, -0.2) is 15.1 Å². The molecule has 1 N–H and O–H groups in total. The predicted molar refractivity (Wildman–Crippen MR) is 48.7 cm³/mol. The Morgan fingerprint density at radius 3 is 3.17 bits per heavy atom. The fraction of sp³-hybridized carbons (Fsp3) is 0.333. The number of hydrogen-bond acceptors (Lipinski definition) is 3. The van der Waals surface area contributed by atoms with Gasteiger partial charge in [-0.2, -0.15) is 5.10 Å². The van der Waals surface area contributed by atoms with Gasteiger partial charge in [-0.25, -0.2) is 4.99 Å². The van der Waals surface area contributed by atoms with E-state index in [2.05, 4.69) is 15.4 Å². The zero-order chi connectivity index (χ0) is 8.72. The smallest absolute Gasteiger partial charge is 0.198 e. The van der Waals surface area contributed by atoms with E-state index < -0.39 is 5.50 Å². The lowest BCUT2D eigenvalue weighted by Crippen LogP contribution is -2.15. The van der Waals surface area contributed by atoms with E-state index in [1.54, 1.807) is 10.9 Å². The van der Waals surface area contributed by atoms with Gasteiger partial charge in [-0.15, -0.1) is 0 Å². The first-order valence-corrected chi connectivity index (χ1v) is 4.16. The summed E-state index contributed by atoms with van der Waals surface area (Å²) >= 11 is 11.6. The van der Waals surface area contributed by atoms with Gasteiger partial charge in [0.1, 0.15) is 5.82 Å². The molecule has 1 aromatic rings. The minimum absolute atomic E-state index is 0.297. The van der Waals surface area contributed by atoms with Gasteiger partial charge in [-0.3, -0.25) is 4.68 Å². The number of anilines is 1. The summed E-state index contributed by atoms with van der Waals surface area (Å²) < 4.78 is 1.67. The highest BCUT2D eigenvalue weighted by atomic mass is 35.5. The third kappa shape index (κ3) is 1.07. The molecule has 12 heavy (non-hydrogen) atoms. The maximum atomic E-state index is 5.89. The highest BCUT2D eigenvalue weighted by molar-refractivity contribution is 6.67. The van der Waals surface area contributed by atoms with Crippen LogP contribution in [0.2, 0.25) is 0 Å². The van der Waals surface area contributed by atoms with Crippen LogP contribution in [0.1, 0.15) is 11.1 Å². The Bertz CT molecular complexity index is 343. The van der Waals surface area contributed by atoms with Crippen molar-refractivity contribution in [3.8, 4) is 0 Å². The molecular weight excluding hydrogens is 199 g/mol. The second-order valence-electron chi connectivity index (χ2n) is 2.45. The molecule has 0 aromatic carbocycles. The van der Waals surface area contributed by atoms with Gasteiger partial charge in [0.25, 0.3) is 0 Å². The highest BCUT2D eigenvalue weighted by Gasteiger charge is 2.21. The van der Waals surface area contributed by atoms with Crippen LogP contribution >= 0.6 is 23.2 Å². The second kappa shape index (κ2) is 2.64. The predicted octanol–water partition coefficient (Wildman–Crippen LogP) is 1.68. The van der Waals surface area contributed by atoms with Crippen LogP contribution in [0.3, 0.4) is 0 Å². The van der Waals surface area contributed by atoms with Gasteiger partial charge in [0, 0.05) is 7.05 Å². The average molecular weight is 205 g/mol. The van der Waals surface area contributed by atoms with Gasteiger partial charge in [-0.05, 0) is 11.6 Å². The lowest BCUT2D eigenvalue weighted by molar-refractivity contribution is 0.776. The Labute approximate surface area is 79.2 Å². The second-order valence-corrected chi connectivity index (χ2v) is 3.22. The number of amidine groups is 1. The van der Waals surface area contributed by atoms with E-state index in [1.807, 2.05) is 7.05 Å². The van der Waals surface area contributed by atoms with Crippen molar-refractivity contribution in [3.05, 3.63) is 11.8 Å². The fourth-order valence-corrected chi connectivity index (χ4v) is 1.58. The molecular formula is C6H6Cl2N4.